The summed E-state index contributed by atoms with van der Waals surface area (Å²) in [4.78, 5) is 122. The first kappa shape index (κ1) is 57.2. The molecule has 2 aromatic carbocycles. The van der Waals surface area contributed by atoms with Crippen LogP contribution in [0.2, 0.25) is 0 Å². The van der Waals surface area contributed by atoms with E-state index in [1.165, 1.54) is 27.8 Å². The van der Waals surface area contributed by atoms with Crippen molar-refractivity contribution in [3.63, 3.8) is 0 Å². The molecule has 0 aromatic heterocycles. The van der Waals surface area contributed by atoms with Crippen LogP contribution in [-0.4, -0.2) is 125 Å². The molecule has 1 aliphatic heterocycles. The number of methoxy groups -OCH3 is 1. The van der Waals surface area contributed by atoms with Crippen molar-refractivity contribution in [1.29, 1.82) is 0 Å². The number of amides is 7. The minimum atomic E-state index is -1.86. The van der Waals surface area contributed by atoms with Gasteiger partial charge in [-0.15, -0.1) is 0 Å². The Bertz CT molecular complexity index is 2270. The van der Waals surface area contributed by atoms with Crippen molar-refractivity contribution in [3.8, 4) is 0 Å². The number of rotatable bonds is 12. The fraction of sp³-hybridized carbons (Fsp3) is 0.471. The first-order chi connectivity index (χ1) is 32.9. The second kappa shape index (κ2) is 27.1. The maximum atomic E-state index is 14.5. The van der Waals surface area contributed by atoms with Gasteiger partial charge in [0.1, 0.15) is 35.9 Å². The van der Waals surface area contributed by atoms with Gasteiger partial charge in [0.15, 0.2) is 0 Å². The molecule has 0 radical (unpaired) electrons. The molecule has 0 bridgehead atoms. The molecule has 1 heterocycles. The number of ether oxygens (including phenoxy) is 1. The summed E-state index contributed by atoms with van der Waals surface area (Å²) >= 11 is 0. The number of hydrogen-bond acceptors (Lipinski definition) is 10. The number of carbonyl (C=O) groups is 9. The molecule has 7 amide bonds. The Labute approximate surface area is 409 Å². The van der Waals surface area contributed by atoms with Crippen LogP contribution in [-0.2, 0) is 60.7 Å². The van der Waals surface area contributed by atoms with Crippen LogP contribution in [0.1, 0.15) is 72.4 Å². The van der Waals surface area contributed by atoms with Gasteiger partial charge in [-0.05, 0) is 43.7 Å². The van der Waals surface area contributed by atoms with E-state index in [1.54, 1.807) is 63.4 Å². The molecule has 0 spiro atoms. The van der Waals surface area contributed by atoms with Crippen molar-refractivity contribution in [2.75, 3.05) is 14.2 Å². The summed E-state index contributed by atoms with van der Waals surface area (Å²) in [6.45, 7) is 14.6. The molecular weight excluding hydrogens is 903 g/mol. The highest BCUT2D eigenvalue weighted by molar-refractivity contribution is 6.00. The van der Waals surface area contributed by atoms with E-state index < -0.39 is 126 Å². The third-order valence-corrected chi connectivity index (χ3v) is 12.2. The van der Waals surface area contributed by atoms with E-state index in [0.717, 1.165) is 16.0 Å². The van der Waals surface area contributed by atoms with Crippen LogP contribution in [0.5, 0.6) is 0 Å². The molecular formula is C51H69N7O12. The molecule has 380 valence electrons. The molecule has 19 nitrogen and oxygen atoms in total. The lowest BCUT2D eigenvalue weighted by Crippen LogP contribution is -2.60. The summed E-state index contributed by atoms with van der Waals surface area (Å²) in [5.74, 6) is -12.5. The van der Waals surface area contributed by atoms with Gasteiger partial charge in [-0.1, -0.05) is 126 Å². The number of carboxylic acid groups (broad SMARTS) is 2. The normalized spacial score (nSPS) is 25.6. The number of hydrogen-bond donors (Lipinski definition) is 8. The Morgan fingerprint density at radius 3 is 1.90 bits per heavy atom. The second-order valence-electron chi connectivity index (χ2n) is 18.0. The molecule has 8 N–H and O–H groups in total. The number of nitrogens with zero attached hydrogens (tertiary/aromatic N) is 1. The number of likely N-dealkylation sites (N-methyl/N-ethyl adjacent to an activating group) is 1. The summed E-state index contributed by atoms with van der Waals surface area (Å²) in [6, 6.07) is 9.74. The minimum Gasteiger partial charge on any atom is -0.480 e. The van der Waals surface area contributed by atoms with Crippen molar-refractivity contribution >= 4 is 53.3 Å². The second-order valence-corrected chi connectivity index (χ2v) is 18.0. The van der Waals surface area contributed by atoms with Crippen molar-refractivity contribution in [2.24, 2.45) is 23.7 Å². The molecule has 70 heavy (non-hydrogen) atoms. The lowest BCUT2D eigenvalue weighted by Gasteiger charge is -2.29. The number of nitrogens with one attached hydrogen (secondary N) is 6. The average molecular weight is 972 g/mol. The number of carbonyl (C=O) groups excluding carboxylic acids is 7. The Hall–Kier alpha value is -7.15. The van der Waals surface area contributed by atoms with Gasteiger partial charge in [-0.2, -0.15) is 0 Å². The first-order valence-corrected chi connectivity index (χ1v) is 23.2. The average Bonchev–Trinajstić information content (AvgIpc) is 3.32. The zero-order valence-electron chi connectivity index (χ0n) is 41.3. The Morgan fingerprint density at radius 2 is 1.34 bits per heavy atom. The van der Waals surface area contributed by atoms with E-state index in [9.17, 15) is 53.4 Å². The summed E-state index contributed by atoms with van der Waals surface area (Å²) in [5, 5.41) is 35.6. The molecule has 1 fully saturated rings. The van der Waals surface area contributed by atoms with Crippen molar-refractivity contribution < 1.29 is 58.1 Å². The van der Waals surface area contributed by atoms with E-state index in [0.29, 0.717) is 12.0 Å². The molecule has 1 saturated heterocycles. The number of aliphatic carboxylic acids is 2. The SMILES string of the molecule is C=C1C(=O)N[C@H](C)C(=O)N[C@@H](C(C)C)C(=O)NC(C(=O)O)[C@H](C)C(=O)NC(Cc2ccccc2)C(=O)NC(/C=C/C(C)=C/[C@H](C)[C@H](Cc2ccccc2)OC)C(C)C(=O)N[C@@H](C(=O)O)CCC(=O)N1C. The first-order valence-electron chi connectivity index (χ1n) is 23.2. The van der Waals surface area contributed by atoms with Crippen LogP contribution in [0.4, 0.5) is 0 Å². The van der Waals surface area contributed by atoms with Crippen LogP contribution >= 0.6 is 0 Å². The summed E-state index contributed by atoms with van der Waals surface area (Å²) < 4.78 is 5.83. The monoisotopic (exact) mass is 972 g/mol. The van der Waals surface area contributed by atoms with Gasteiger partial charge in [0, 0.05) is 32.9 Å². The lowest BCUT2D eigenvalue weighted by atomic mass is 9.94. The number of benzene rings is 2. The van der Waals surface area contributed by atoms with Crippen LogP contribution in [0.15, 0.2) is 96.7 Å². The van der Waals surface area contributed by atoms with Gasteiger partial charge < -0.3 is 51.8 Å². The van der Waals surface area contributed by atoms with E-state index in [1.807, 2.05) is 50.3 Å². The third kappa shape index (κ3) is 17.1. The van der Waals surface area contributed by atoms with Gasteiger partial charge in [-0.25, -0.2) is 9.59 Å². The molecule has 2 aromatic rings. The molecule has 1 aliphatic rings. The highest BCUT2D eigenvalue weighted by Crippen LogP contribution is 2.19. The van der Waals surface area contributed by atoms with E-state index >= 15 is 0 Å². The van der Waals surface area contributed by atoms with Crippen molar-refractivity contribution in [1.82, 2.24) is 36.8 Å². The zero-order valence-corrected chi connectivity index (χ0v) is 41.3. The van der Waals surface area contributed by atoms with E-state index in [-0.39, 0.29) is 18.4 Å². The van der Waals surface area contributed by atoms with Crippen molar-refractivity contribution in [2.45, 2.75) is 117 Å². The Morgan fingerprint density at radius 1 is 0.757 bits per heavy atom. The summed E-state index contributed by atoms with van der Waals surface area (Å²) in [7, 11) is 2.84. The summed E-state index contributed by atoms with van der Waals surface area (Å²) in [6.07, 6.45) is 4.63. The van der Waals surface area contributed by atoms with Gasteiger partial charge in [0.25, 0.3) is 5.91 Å². The fourth-order valence-electron chi connectivity index (χ4n) is 7.55. The molecule has 19 heteroatoms. The molecule has 4 unspecified atom stereocenters. The largest absolute Gasteiger partial charge is 0.480 e. The Balaban J connectivity index is 2.13. The highest BCUT2D eigenvalue weighted by atomic mass is 16.5. The van der Waals surface area contributed by atoms with Gasteiger partial charge in [0.2, 0.25) is 35.4 Å². The fourth-order valence-corrected chi connectivity index (χ4v) is 7.55. The topological polar surface area (TPSA) is 279 Å². The zero-order chi connectivity index (χ0) is 52.4. The smallest absolute Gasteiger partial charge is 0.327 e. The van der Waals surface area contributed by atoms with Crippen molar-refractivity contribution in [3.05, 3.63) is 108 Å². The van der Waals surface area contributed by atoms with Gasteiger partial charge in [-0.3, -0.25) is 33.6 Å². The van der Waals surface area contributed by atoms with Crippen LogP contribution in [0, 0.1) is 23.7 Å². The maximum absolute atomic E-state index is 14.5. The predicted molar refractivity (Wildman–Crippen MR) is 260 cm³/mol. The van der Waals surface area contributed by atoms with E-state index in [2.05, 4.69) is 38.5 Å². The lowest BCUT2D eigenvalue weighted by molar-refractivity contribution is -0.147. The highest BCUT2D eigenvalue weighted by Gasteiger charge is 2.38. The van der Waals surface area contributed by atoms with Crippen LogP contribution in [0.3, 0.4) is 0 Å². The predicted octanol–water partition coefficient (Wildman–Crippen LogP) is 2.42. The molecule has 0 aliphatic carbocycles. The van der Waals surface area contributed by atoms with Crippen LogP contribution < -0.4 is 31.9 Å². The molecule has 3 rings (SSSR count). The number of allylic oxidation sites excluding steroid dienone is 2. The quantitative estimate of drug-likeness (QED) is 0.113. The minimum absolute atomic E-state index is 0.103. The van der Waals surface area contributed by atoms with Gasteiger partial charge in [0.05, 0.1) is 24.0 Å². The van der Waals surface area contributed by atoms with Crippen LogP contribution in [0.25, 0.3) is 0 Å². The van der Waals surface area contributed by atoms with E-state index in [4.69, 9.17) is 4.74 Å². The standard InChI is InChI=1S/C51H69N7O12/c1-28(2)42-49(65)57-43(51(68)69)32(6)45(61)55-39(26-35-17-13-11-14-18-35)48(64)53-37(22-21-29(3)25-30(4)40(70-10)27-36-19-15-12-16-20-36)31(5)44(60)54-38(50(66)67)23-24-41(59)58(9)34(8)47(63)52-33(7)46(62)56-42/h11-22,25,28,30-33,37-40,42-43H,8,23-24,26-27H2,1-7,9-10H3,(H,52,63)(H,53,64)(H,54,60)(H,55,61)(H,56,62)(H,57,65)(H,66,67)(H,68,69)/b22-21+,29-25+/t30-,31?,32-,33+,37?,38+,39?,40-,42-,43?/m0/s1. The Kier molecular flexibility index (Phi) is 22.2. The summed E-state index contributed by atoms with van der Waals surface area (Å²) in [5.41, 5.74) is 2.00. The molecule has 10 atom stereocenters. The molecule has 0 saturated carbocycles. The maximum Gasteiger partial charge on any atom is 0.327 e. The van der Waals surface area contributed by atoms with Gasteiger partial charge >= 0.3 is 11.9 Å². The number of carboxylic acids is 2. The third-order valence-electron chi connectivity index (χ3n) is 12.2.